The van der Waals surface area contributed by atoms with Gasteiger partial charge in [-0.3, -0.25) is 0 Å². The van der Waals surface area contributed by atoms with E-state index < -0.39 is 0 Å². The number of hydrogen-bond donors (Lipinski definition) is 2. The van der Waals surface area contributed by atoms with Gasteiger partial charge in [0, 0.05) is 13.2 Å². The van der Waals surface area contributed by atoms with Crippen LogP contribution in [0.2, 0.25) is 0 Å². The van der Waals surface area contributed by atoms with Crippen LogP contribution >= 0.6 is 0 Å². The summed E-state index contributed by atoms with van der Waals surface area (Å²) >= 11 is 0. The molecule has 5 nitrogen and oxygen atoms in total. The molecule has 1 heterocycles. The highest BCUT2D eigenvalue weighted by atomic mass is 16.5. The molecular formula is C15H27N3O2. The molecule has 0 radical (unpaired) electrons. The summed E-state index contributed by atoms with van der Waals surface area (Å²) in [5, 5.41) is 3.20. The fourth-order valence-corrected chi connectivity index (χ4v) is 1.49. The second kappa shape index (κ2) is 7.33. The summed E-state index contributed by atoms with van der Waals surface area (Å²) in [5.74, 6) is 1.76. The lowest BCUT2D eigenvalue weighted by Crippen LogP contribution is -2.24. The predicted molar refractivity (Wildman–Crippen MR) is 83.2 cm³/mol. The molecule has 0 amide bonds. The number of ether oxygens (including phenoxy) is 2. The third-order valence-electron chi connectivity index (χ3n) is 2.30. The molecule has 0 aliphatic heterocycles. The van der Waals surface area contributed by atoms with Gasteiger partial charge in [-0.25, -0.2) is 0 Å². The second-order valence-electron chi connectivity index (χ2n) is 6.20. The van der Waals surface area contributed by atoms with Crippen molar-refractivity contribution < 1.29 is 9.47 Å². The third-order valence-corrected chi connectivity index (χ3v) is 2.30. The number of nitrogen functional groups attached to an aromatic ring is 1. The van der Waals surface area contributed by atoms with Crippen LogP contribution in [0.5, 0.6) is 5.88 Å². The Bertz CT molecular complexity index is 414. The molecule has 20 heavy (non-hydrogen) atoms. The maximum atomic E-state index is 5.87. The van der Waals surface area contributed by atoms with E-state index in [4.69, 9.17) is 15.2 Å². The second-order valence-corrected chi connectivity index (χ2v) is 6.20. The standard InChI is InChI=1S/C15H27N3O2/c1-11(2)10-19-9-8-17-13-7-6-12(16)14(18-13)20-15(3,4)5/h6-7,11H,8-10,16H2,1-5H3,(H,17,18). The van der Waals surface area contributed by atoms with E-state index in [9.17, 15) is 0 Å². The van der Waals surface area contributed by atoms with Crippen molar-refractivity contribution in [3.8, 4) is 5.88 Å². The van der Waals surface area contributed by atoms with Crippen LogP contribution in [0.4, 0.5) is 11.5 Å². The van der Waals surface area contributed by atoms with Gasteiger partial charge in [-0.15, -0.1) is 0 Å². The lowest BCUT2D eigenvalue weighted by atomic mass is 10.2. The highest BCUT2D eigenvalue weighted by Crippen LogP contribution is 2.24. The van der Waals surface area contributed by atoms with E-state index in [2.05, 4.69) is 24.1 Å². The molecule has 0 aliphatic carbocycles. The minimum Gasteiger partial charge on any atom is -0.470 e. The minimum absolute atomic E-state index is 0.319. The molecule has 0 atom stereocenters. The summed E-state index contributed by atoms with van der Waals surface area (Å²) in [5.41, 5.74) is 6.09. The summed E-state index contributed by atoms with van der Waals surface area (Å²) in [6.07, 6.45) is 0. The van der Waals surface area contributed by atoms with Gasteiger partial charge in [0.25, 0.3) is 0 Å². The predicted octanol–water partition coefficient (Wildman–Crippen LogP) is 2.93. The summed E-state index contributed by atoms with van der Waals surface area (Å²) in [7, 11) is 0. The Morgan fingerprint density at radius 2 is 2.00 bits per heavy atom. The molecule has 1 aromatic heterocycles. The van der Waals surface area contributed by atoms with Gasteiger partial charge in [-0.1, -0.05) is 13.8 Å². The molecule has 1 aromatic rings. The van der Waals surface area contributed by atoms with Crippen LogP contribution in [0, 0.1) is 5.92 Å². The van der Waals surface area contributed by atoms with Crippen molar-refractivity contribution in [2.75, 3.05) is 30.8 Å². The molecule has 1 rings (SSSR count). The van der Waals surface area contributed by atoms with Crippen molar-refractivity contribution in [2.24, 2.45) is 5.92 Å². The van der Waals surface area contributed by atoms with Crippen LogP contribution in [0.3, 0.4) is 0 Å². The Balaban J connectivity index is 2.49. The summed E-state index contributed by atoms with van der Waals surface area (Å²) in [6, 6.07) is 3.64. The van der Waals surface area contributed by atoms with Crippen LogP contribution in [0.15, 0.2) is 12.1 Å². The molecule has 0 saturated heterocycles. The fraction of sp³-hybridized carbons (Fsp3) is 0.667. The molecule has 0 fully saturated rings. The Morgan fingerprint density at radius 1 is 1.30 bits per heavy atom. The molecule has 0 unspecified atom stereocenters. The maximum absolute atomic E-state index is 5.87. The molecule has 114 valence electrons. The molecule has 0 aromatic carbocycles. The Hall–Kier alpha value is -1.49. The number of nitrogens with zero attached hydrogens (tertiary/aromatic N) is 1. The maximum Gasteiger partial charge on any atom is 0.239 e. The van der Waals surface area contributed by atoms with E-state index in [1.54, 1.807) is 6.07 Å². The van der Waals surface area contributed by atoms with Gasteiger partial charge >= 0.3 is 0 Å². The quantitative estimate of drug-likeness (QED) is 0.752. The molecule has 0 aliphatic rings. The molecule has 0 saturated carbocycles. The van der Waals surface area contributed by atoms with Gasteiger partial charge in [-0.2, -0.15) is 4.98 Å². The third kappa shape index (κ3) is 6.61. The minimum atomic E-state index is -0.319. The van der Waals surface area contributed by atoms with Gasteiger partial charge in [0.05, 0.1) is 12.3 Å². The van der Waals surface area contributed by atoms with E-state index in [1.165, 1.54) is 0 Å². The zero-order valence-electron chi connectivity index (χ0n) is 13.2. The topological polar surface area (TPSA) is 69.4 Å². The monoisotopic (exact) mass is 281 g/mol. The Morgan fingerprint density at radius 3 is 2.60 bits per heavy atom. The molecule has 5 heteroatoms. The number of rotatable bonds is 7. The van der Waals surface area contributed by atoms with Crippen LogP contribution in [-0.4, -0.2) is 30.3 Å². The van der Waals surface area contributed by atoms with Crippen molar-refractivity contribution in [3.05, 3.63) is 12.1 Å². The van der Waals surface area contributed by atoms with Crippen molar-refractivity contribution >= 4 is 11.5 Å². The zero-order valence-corrected chi connectivity index (χ0v) is 13.2. The van der Waals surface area contributed by atoms with Gasteiger partial charge in [0.15, 0.2) is 0 Å². The SMILES string of the molecule is CC(C)COCCNc1ccc(N)c(OC(C)(C)C)n1. The average molecular weight is 281 g/mol. The molecular weight excluding hydrogens is 254 g/mol. The lowest BCUT2D eigenvalue weighted by Gasteiger charge is -2.21. The van der Waals surface area contributed by atoms with Crippen molar-refractivity contribution in [1.82, 2.24) is 4.98 Å². The first kappa shape index (κ1) is 16.6. The van der Waals surface area contributed by atoms with E-state index in [-0.39, 0.29) is 5.60 Å². The number of aromatic nitrogens is 1. The molecule has 3 N–H and O–H groups in total. The van der Waals surface area contributed by atoms with Crippen molar-refractivity contribution in [1.29, 1.82) is 0 Å². The van der Waals surface area contributed by atoms with Crippen LogP contribution in [0.25, 0.3) is 0 Å². The van der Waals surface area contributed by atoms with E-state index in [0.29, 0.717) is 30.6 Å². The summed E-state index contributed by atoms with van der Waals surface area (Å²) in [4.78, 5) is 4.38. The largest absolute Gasteiger partial charge is 0.470 e. The zero-order chi connectivity index (χ0) is 15.2. The van der Waals surface area contributed by atoms with Gasteiger partial charge < -0.3 is 20.5 Å². The van der Waals surface area contributed by atoms with E-state index >= 15 is 0 Å². The number of anilines is 2. The Labute approximate surface area is 121 Å². The summed E-state index contributed by atoms with van der Waals surface area (Å²) < 4.78 is 11.2. The highest BCUT2D eigenvalue weighted by molar-refractivity contribution is 5.53. The molecule has 0 bridgehead atoms. The van der Waals surface area contributed by atoms with Gasteiger partial charge in [0.2, 0.25) is 5.88 Å². The fourth-order valence-electron chi connectivity index (χ4n) is 1.49. The summed E-state index contributed by atoms with van der Waals surface area (Å²) in [6.45, 7) is 12.3. The van der Waals surface area contributed by atoms with E-state index in [1.807, 2.05) is 26.8 Å². The number of nitrogens with one attached hydrogen (secondary N) is 1. The first-order valence-electron chi connectivity index (χ1n) is 7.05. The van der Waals surface area contributed by atoms with Crippen LogP contribution in [0.1, 0.15) is 34.6 Å². The van der Waals surface area contributed by atoms with Crippen LogP contribution in [-0.2, 0) is 4.74 Å². The van der Waals surface area contributed by atoms with Gasteiger partial charge in [-0.05, 0) is 38.8 Å². The number of pyridine rings is 1. The Kier molecular flexibility index (Phi) is 6.07. The van der Waals surface area contributed by atoms with Crippen molar-refractivity contribution in [3.63, 3.8) is 0 Å². The molecule has 0 spiro atoms. The normalized spacial score (nSPS) is 11.7. The number of nitrogens with two attached hydrogens (primary N) is 1. The van der Waals surface area contributed by atoms with Gasteiger partial charge in [0.1, 0.15) is 11.4 Å². The first-order chi connectivity index (χ1) is 9.28. The highest BCUT2D eigenvalue weighted by Gasteiger charge is 2.15. The first-order valence-corrected chi connectivity index (χ1v) is 7.05. The van der Waals surface area contributed by atoms with Crippen LogP contribution < -0.4 is 15.8 Å². The smallest absolute Gasteiger partial charge is 0.239 e. The van der Waals surface area contributed by atoms with Crippen molar-refractivity contribution in [2.45, 2.75) is 40.2 Å². The average Bonchev–Trinajstić information content (AvgIpc) is 2.30. The lowest BCUT2D eigenvalue weighted by molar-refractivity contribution is 0.118. The number of hydrogen-bond acceptors (Lipinski definition) is 5. The van der Waals surface area contributed by atoms with E-state index in [0.717, 1.165) is 12.4 Å².